The molecule has 0 bridgehead atoms. The number of benzene rings is 1. The van der Waals surface area contributed by atoms with Crippen LogP contribution in [-0.2, 0) is 4.79 Å². The Labute approximate surface area is 126 Å². The highest BCUT2D eigenvalue weighted by Gasteiger charge is 2.08. The van der Waals surface area contributed by atoms with E-state index in [-0.39, 0.29) is 23.2 Å². The van der Waals surface area contributed by atoms with Gasteiger partial charge >= 0.3 is 0 Å². The van der Waals surface area contributed by atoms with Gasteiger partial charge in [0.25, 0.3) is 0 Å². The van der Waals surface area contributed by atoms with Crippen LogP contribution in [0.15, 0.2) is 28.7 Å². The molecule has 0 spiro atoms. The number of hydrogen-bond acceptors (Lipinski definition) is 5. The largest absolute Gasteiger partial charge is 0.506 e. The number of nitrogens with one attached hydrogen (secondary N) is 1. The van der Waals surface area contributed by atoms with Crippen LogP contribution in [0.5, 0.6) is 5.75 Å². The van der Waals surface area contributed by atoms with E-state index in [1.165, 1.54) is 30.4 Å². The second kappa shape index (κ2) is 6.41. The minimum atomic E-state index is -0.447. The van der Waals surface area contributed by atoms with Crippen LogP contribution in [0.4, 0.5) is 5.69 Å². The van der Waals surface area contributed by atoms with E-state index in [0.717, 1.165) is 0 Å². The van der Waals surface area contributed by atoms with E-state index in [2.05, 4.69) is 15.5 Å². The Kier molecular flexibility index (Phi) is 4.59. The molecule has 0 unspecified atom stereocenters. The van der Waals surface area contributed by atoms with Crippen molar-refractivity contribution in [3.63, 3.8) is 0 Å². The highest BCUT2D eigenvalue weighted by Crippen LogP contribution is 2.26. The van der Waals surface area contributed by atoms with Gasteiger partial charge in [-0.05, 0) is 18.2 Å². The fourth-order valence-corrected chi connectivity index (χ4v) is 1.65. The molecule has 0 fully saturated rings. The molecule has 21 heavy (non-hydrogen) atoms. The number of anilines is 1. The fraction of sp³-hybridized carbons (Fsp3) is 0.214. The van der Waals surface area contributed by atoms with Crippen molar-refractivity contribution in [2.24, 2.45) is 0 Å². The van der Waals surface area contributed by atoms with Crippen LogP contribution in [0.25, 0.3) is 6.08 Å². The summed E-state index contributed by atoms with van der Waals surface area (Å²) in [6.45, 7) is 3.85. The minimum absolute atomic E-state index is 0.0685. The standard InChI is InChI=1S/C14H14ClN3O3/c1-8(2)14-18-17-13(21-14)6-5-12(20)16-10-7-9(15)3-4-11(10)19/h3-8,19H,1-2H3,(H,16,20)/b6-5+. The van der Waals surface area contributed by atoms with E-state index >= 15 is 0 Å². The minimum Gasteiger partial charge on any atom is -0.506 e. The number of hydrogen-bond donors (Lipinski definition) is 2. The predicted octanol–water partition coefficient (Wildman–Crippen LogP) is 3.20. The zero-order valence-corrected chi connectivity index (χ0v) is 12.3. The number of phenols is 1. The van der Waals surface area contributed by atoms with Gasteiger partial charge in [-0.1, -0.05) is 25.4 Å². The number of nitrogens with zero attached hydrogens (tertiary/aromatic N) is 2. The number of amides is 1. The molecule has 1 heterocycles. The molecule has 0 saturated carbocycles. The van der Waals surface area contributed by atoms with Crippen LogP contribution in [-0.4, -0.2) is 21.2 Å². The van der Waals surface area contributed by atoms with Gasteiger partial charge in [0, 0.05) is 23.1 Å². The van der Waals surface area contributed by atoms with E-state index < -0.39 is 5.91 Å². The molecule has 0 saturated heterocycles. The number of aromatic hydroxyl groups is 1. The molecule has 0 aliphatic carbocycles. The molecule has 1 amide bonds. The summed E-state index contributed by atoms with van der Waals surface area (Å²) in [5.74, 6) is 0.349. The molecule has 7 heteroatoms. The summed E-state index contributed by atoms with van der Waals surface area (Å²) in [7, 11) is 0. The van der Waals surface area contributed by atoms with Crippen LogP contribution >= 0.6 is 11.6 Å². The number of rotatable bonds is 4. The van der Waals surface area contributed by atoms with Crippen molar-refractivity contribution in [3.8, 4) is 5.75 Å². The molecule has 0 radical (unpaired) electrons. The Hall–Kier alpha value is -2.34. The maximum Gasteiger partial charge on any atom is 0.248 e. The third-order valence-corrected chi connectivity index (χ3v) is 2.78. The molecule has 0 atom stereocenters. The SMILES string of the molecule is CC(C)c1nnc(/C=C/C(=O)Nc2cc(Cl)ccc2O)o1. The molecule has 2 rings (SSSR count). The first-order valence-electron chi connectivity index (χ1n) is 6.26. The fourth-order valence-electron chi connectivity index (χ4n) is 1.48. The van der Waals surface area contributed by atoms with Gasteiger partial charge in [-0.2, -0.15) is 0 Å². The molecule has 110 valence electrons. The summed E-state index contributed by atoms with van der Waals surface area (Å²) >= 11 is 5.79. The van der Waals surface area contributed by atoms with Gasteiger partial charge in [-0.25, -0.2) is 0 Å². The van der Waals surface area contributed by atoms with Gasteiger partial charge in [-0.3, -0.25) is 4.79 Å². The van der Waals surface area contributed by atoms with Crippen LogP contribution in [0.3, 0.4) is 0 Å². The molecule has 0 aliphatic rings. The Morgan fingerprint density at radius 1 is 1.43 bits per heavy atom. The predicted molar refractivity (Wildman–Crippen MR) is 79.2 cm³/mol. The zero-order chi connectivity index (χ0) is 15.4. The van der Waals surface area contributed by atoms with Gasteiger partial charge in [0.15, 0.2) is 0 Å². The smallest absolute Gasteiger partial charge is 0.248 e. The third kappa shape index (κ3) is 4.06. The second-order valence-corrected chi connectivity index (χ2v) is 5.05. The quantitative estimate of drug-likeness (QED) is 0.669. The highest BCUT2D eigenvalue weighted by atomic mass is 35.5. The van der Waals surface area contributed by atoms with Crippen molar-refractivity contribution in [2.75, 3.05) is 5.32 Å². The molecule has 2 aromatic rings. The van der Waals surface area contributed by atoms with Crippen LogP contribution in [0, 0.1) is 0 Å². The van der Waals surface area contributed by atoms with Crippen molar-refractivity contribution < 1.29 is 14.3 Å². The number of carbonyl (C=O) groups excluding carboxylic acids is 1. The molecule has 1 aromatic heterocycles. The Balaban J connectivity index is 2.03. The molecular formula is C14H14ClN3O3. The molecule has 6 nitrogen and oxygen atoms in total. The average Bonchev–Trinajstić information content (AvgIpc) is 2.90. The lowest BCUT2D eigenvalue weighted by Crippen LogP contribution is -2.07. The molecule has 0 aliphatic heterocycles. The number of halogens is 1. The monoisotopic (exact) mass is 307 g/mol. The summed E-state index contributed by atoms with van der Waals surface area (Å²) in [4.78, 5) is 11.7. The normalized spacial score (nSPS) is 11.2. The number of carbonyl (C=O) groups is 1. The lowest BCUT2D eigenvalue weighted by Gasteiger charge is -2.04. The van der Waals surface area contributed by atoms with E-state index in [1.807, 2.05) is 13.8 Å². The molecule has 1 aromatic carbocycles. The van der Waals surface area contributed by atoms with E-state index in [4.69, 9.17) is 16.0 Å². The summed E-state index contributed by atoms with van der Waals surface area (Å²) in [6, 6.07) is 4.37. The lowest BCUT2D eigenvalue weighted by molar-refractivity contribution is -0.111. The summed E-state index contributed by atoms with van der Waals surface area (Å²) < 4.78 is 5.33. The first-order chi connectivity index (χ1) is 9.95. The van der Waals surface area contributed by atoms with E-state index in [0.29, 0.717) is 10.9 Å². The maximum atomic E-state index is 11.7. The molecule has 2 N–H and O–H groups in total. The van der Waals surface area contributed by atoms with Gasteiger partial charge in [0.2, 0.25) is 17.7 Å². The van der Waals surface area contributed by atoms with Gasteiger partial charge < -0.3 is 14.8 Å². The van der Waals surface area contributed by atoms with Gasteiger partial charge in [0.05, 0.1) is 5.69 Å². The topological polar surface area (TPSA) is 88.2 Å². The summed E-state index contributed by atoms with van der Waals surface area (Å²) in [6.07, 6.45) is 2.63. The van der Waals surface area contributed by atoms with Gasteiger partial charge in [0.1, 0.15) is 5.75 Å². The van der Waals surface area contributed by atoms with Crippen LogP contribution in [0.1, 0.15) is 31.5 Å². The van der Waals surface area contributed by atoms with E-state index in [1.54, 1.807) is 0 Å². The Morgan fingerprint density at radius 2 is 2.19 bits per heavy atom. The highest BCUT2D eigenvalue weighted by molar-refractivity contribution is 6.31. The third-order valence-electron chi connectivity index (χ3n) is 2.54. The van der Waals surface area contributed by atoms with Crippen LogP contribution < -0.4 is 5.32 Å². The summed E-state index contributed by atoms with van der Waals surface area (Å²) in [5.41, 5.74) is 0.227. The first-order valence-corrected chi connectivity index (χ1v) is 6.64. The zero-order valence-electron chi connectivity index (χ0n) is 11.5. The lowest BCUT2D eigenvalue weighted by atomic mass is 10.2. The van der Waals surface area contributed by atoms with Crippen molar-refractivity contribution in [1.29, 1.82) is 0 Å². The Bertz CT molecular complexity index is 680. The number of phenolic OH excluding ortho intramolecular Hbond substituents is 1. The van der Waals surface area contributed by atoms with Crippen molar-refractivity contribution in [2.45, 2.75) is 19.8 Å². The average molecular weight is 308 g/mol. The Morgan fingerprint density at radius 3 is 2.86 bits per heavy atom. The van der Waals surface area contributed by atoms with E-state index in [9.17, 15) is 9.90 Å². The second-order valence-electron chi connectivity index (χ2n) is 4.62. The molecular weight excluding hydrogens is 294 g/mol. The van der Waals surface area contributed by atoms with Crippen molar-refractivity contribution in [3.05, 3.63) is 41.1 Å². The van der Waals surface area contributed by atoms with Crippen molar-refractivity contribution >= 4 is 29.3 Å². The summed E-state index contributed by atoms with van der Waals surface area (Å²) in [5, 5.41) is 20.1. The first kappa shape index (κ1) is 15.1. The number of aromatic nitrogens is 2. The maximum absolute atomic E-state index is 11.7. The van der Waals surface area contributed by atoms with Gasteiger partial charge in [-0.15, -0.1) is 10.2 Å². The van der Waals surface area contributed by atoms with Crippen molar-refractivity contribution in [1.82, 2.24) is 10.2 Å². The van der Waals surface area contributed by atoms with Crippen LogP contribution in [0.2, 0.25) is 5.02 Å².